The van der Waals surface area contributed by atoms with Crippen molar-refractivity contribution < 1.29 is 37.9 Å². The first-order valence-corrected chi connectivity index (χ1v) is 12.7. The van der Waals surface area contributed by atoms with E-state index in [0.29, 0.717) is 6.92 Å². The zero-order chi connectivity index (χ0) is 28.1. The Kier molecular flexibility index (Phi) is 7.64. The predicted octanol–water partition coefficient (Wildman–Crippen LogP) is 1.92. The van der Waals surface area contributed by atoms with Gasteiger partial charge >= 0.3 is 6.09 Å². The Bertz CT molecular complexity index is 969. The molecule has 3 aliphatic rings. The van der Waals surface area contributed by atoms with Crippen LogP contribution < -0.4 is 16.0 Å². The van der Waals surface area contributed by atoms with E-state index in [9.17, 15) is 37.9 Å². The van der Waals surface area contributed by atoms with Crippen molar-refractivity contribution in [2.24, 2.45) is 22.7 Å². The van der Waals surface area contributed by atoms with E-state index in [2.05, 4.69) is 16.0 Å². The fourth-order valence-corrected chi connectivity index (χ4v) is 5.32. The average Bonchev–Trinajstić information content (AvgIpc) is 3.59. The van der Waals surface area contributed by atoms with Gasteiger partial charge in [0.05, 0.1) is 6.04 Å². The first kappa shape index (κ1) is 28.8. The Balaban J connectivity index is 1.84. The highest BCUT2D eigenvalue weighted by Crippen LogP contribution is 2.65. The Hall–Kier alpha value is -2.79. The second-order valence-corrected chi connectivity index (χ2v) is 12.4. The molecule has 1 saturated heterocycles. The van der Waals surface area contributed by atoms with Gasteiger partial charge in [0.25, 0.3) is 5.91 Å². The topological polar surface area (TPSA) is 145 Å². The van der Waals surface area contributed by atoms with Crippen LogP contribution in [0.4, 0.5) is 13.6 Å². The summed E-state index contributed by atoms with van der Waals surface area (Å²) in [5.74, 6) is -6.63. The van der Waals surface area contributed by atoms with Gasteiger partial charge in [-0.15, -0.1) is 0 Å². The molecule has 4 amide bonds. The Morgan fingerprint density at radius 1 is 1.05 bits per heavy atom. The summed E-state index contributed by atoms with van der Waals surface area (Å²) in [6, 6.07) is -3.78. The molecule has 5 atom stereocenters. The lowest BCUT2D eigenvalue weighted by molar-refractivity contribution is -0.145. The van der Waals surface area contributed by atoms with Crippen LogP contribution in [-0.4, -0.2) is 76.2 Å². The smallest absolute Gasteiger partial charge is 0.405 e. The lowest BCUT2D eigenvalue weighted by Gasteiger charge is -2.37. The van der Waals surface area contributed by atoms with Gasteiger partial charge in [0.1, 0.15) is 12.1 Å². The number of hydrogen-bond acceptors (Lipinski definition) is 5. The molecule has 1 heterocycles. The molecule has 0 unspecified atom stereocenters. The van der Waals surface area contributed by atoms with Crippen molar-refractivity contribution in [2.45, 2.75) is 97.3 Å². The molecular weight excluding hydrogens is 490 g/mol. The van der Waals surface area contributed by atoms with Crippen molar-refractivity contribution in [1.82, 2.24) is 20.9 Å². The molecule has 208 valence electrons. The van der Waals surface area contributed by atoms with Crippen LogP contribution in [0.15, 0.2) is 0 Å². The van der Waals surface area contributed by atoms with Crippen molar-refractivity contribution in [3.8, 4) is 0 Å². The van der Waals surface area contributed by atoms with Crippen LogP contribution in [0.5, 0.6) is 0 Å². The molecule has 37 heavy (non-hydrogen) atoms. The summed E-state index contributed by atoms with van der Waals surface area (Å²) in [6.45, 7) is 9.89. The number of rotatable bonds is 10. The molecule has 2 saturated carbocycles. The van der Waals surface area contributed by atoms with E-state index in [4.69, 9.17) is 0 Å². The van der Waals surface area contributed by atoms with Crippen molar-refractivity contribution >= 4 is 29.6 Å². The van der Waals surface area contributed by atoms with Gasteiger partial charge in [-0.25, -0.2) is 13.6 Å². The highest BCUT2D eigenvalue weighted by Gasteiger charge is 2.70. The molecule has 3 fully saturated rings. The number of carbonyl (C=O) groups excluding carboxylic acids is 4. The summed E-state index contributed by atoms with van der Waals surface area (Å²) in [5, 5.41) is 16.5. The van der Waals surface area contributed by atoms with Crippen LogP contribution in [-0.2, 0) is 19.2 Å². The van der Waals surface area contributed by atoms with Crippen molar-refractivity contribution in [3.63, 3.8) is 0 Å². The minimum Gasteiger partial charge on any atom is -0.465 e. The molecule has 0 aromatic heterocycles. The molecular formula is C25H38F2N4O6. The van der Waals surface area contributed by atoms with Gasteiger partial charge < -0.3 is 26.0 Å². The summed E-state index contributed by atoms with van der Waals surface area (Å²) >= 11 is 0. The molecule has 0 aromatic rings. The van der Waals surface area contributed by atoms with E-state index < -0.39 is 71.9 Å². The molecule has 4 N–H and O–H groups in total. The first-order valence-electron chi connectivity index (χ1n) is 12.7. The van der Waals surface area contributed by atoms with Gasteiger partial charge in [-0.1, -0.05) is 34.6 Å². The fourth-order valence-electron chi connectivity index (χ4n) is 5.32. The standard InChI is InChI=1S/C25H38F2N4O6/c1-23(2,3)18(30-22(36)37)21(35)31-11-13-15(24(13,4)5)16(31)19(33)29-14(9-10-25(6,26)27)17(32)20(34)28-12-7-8-12/h12-16,18,30H,7-11H2,1-6H3,(H,28,34)(H,29,33)(H,36,37)/t13-,14-,15-,16-,18+/m0/s1. The maximum atomic E-state index is 13.6. The summed E-state index contributed by atoms with van der Waals surface area (Å²) in [7, 11) is 0. The minimum atomic E-state index is -3.11. The van der Waals surface area contributed by atoms with Crippen LogP contribution in [0.2, 0.25) is 0 Å². The minimum absolute atomic E-state index is 0.0232. The molecule has 12 heteroatoms. The molecule has 1 aliphatic heterocycles. The van der Waals surface area contributed by atoms with E-state index in [0.717, 1.165) is 12.8 Å². The number of likely N-dealkylation sites (tertiary alicyclic amines) is 1. The third-order valence-corrected chi connectivity index (χ3v) is 7.78. The summed E-state index contributed by atoms with van der Waals surface area (Å²) in [6.07, 6.45) is -1.11. The second kappa shape index (κ2) is 9.83. The highest BCUT2D eigenvalue weighted by molar-refractivity contribution is 6.38. The zero-order valence-corrected chi connectivity index (χ0v) is 22.2. The number of piperidine rings is 1. The number of amides is 4. The Morgan fingerprint density at radius 3 is 2.14 bits per heavy atom. The zero-order valence-electron chi connectivity index (χ0n) is 22.2. The number of hydrogen-bond donors (Lipinski definition) is 4. The average molecular weight is 529 g/mol. The third-order valence-electron chi connectivity index (χ3n) is 7.78. The van der Waals surface area contributed by atoms with Gasteiger partial charge in [0.15, 0.2) is 0 Å². The molecule has 0 bridgehead atoms. The molecule has 0 radical (unpaired) electrons. The number of carbonyl (C=O) groups is 5. The quantitative estimate of drug-likeness (QED) is 0.319. The van der Waals surface area contributed by atoms with E-state index in [-0.39, 0.29) is 29.8 Å². The van der Waals surface area contributed by atoms with Crippen molar-refractivity contribution in [2.75, 3.05) is 6.54 Å². The Morgan fingerprint density at radius 2 is 1.65 bits per heavy atom. The van der Waals surface area contributed by atoms with E-state index in [1.54, 1.807) is 20.8 Å². The monoisotopic (exact) mass is 528 g/mol. The number of nitrogens with zero attached hydrogens (tertiary/aromatic N) is 1. The first-order chi connectivity index (χ1) is 16.8. The van der Waals surface area contributed by atoms with Gasteiger partial charge in [0.2, 0.25) is 23.5 Å². The normalized spacial score (nSPS) is 25.9. The molecule has 3 rings (SSSR count). The largest absolute Gasteiger partial charge is 0.465 e. The SMILES string of the molecule is CC(F)(F)CC[C@H](NC(=O)[C@@H]1[C@@H]2[C@H](CN1C(=O)[C@@H](NC(=O)O)C(C)(C)C)C2(C)C)C(=O)C(=O)NC1CC1. The van der Waals surface area contributed by atoms with E-state index >= 15 is 0 Å². The van der Waals surface area contributed by atoms with Gasteiger partial charge in [-0.2, -0.15) is 0 Å². The lowest BCUT2D eigenvalue weighted by atomic mass is 9.85. The Labute approximate surface area is 215 Å². The maximum absolute atomic E-state index is 13.6. The van der Waals surface area contributed by atoms with Crippen LogP contribution in [0, 0.1) is 22.7 Å². The predicted molar refractivity (Wildman–Crippen MR) is 129 cm³/mol. The number of fused-ring (bicyclic) bond motifs is 1. The van der Waals surface area contributed by atoms with E-state index in [1.807, 2.05) is 13.8 Å². The van der Waals surface area contributed by atoms with Gasteiger partial charge in [-0.05, 0) is 48.9 Å². The number of carboxylic acid groups (broad SMARTS) is 1. The molecule has 10 nitrogen and oxygen atoms in total. The van der Waals surface area contributed by atoms with Crippen LogP contribution in [0.1, 0.15) is 67.2 Å². The molecule has 2 aliphatic carbocycles. The summed E-state index contributed by atoms with van der Waals surface area (Å²) < 4.78 is 27.2. The molecule has 0 aromatic carbocycles. The maximum Gasteiger partial charge on any atom is 0.405 e. The summed E-state index contributed by atoms with van der Waals surface area (Å²) in [4.78, 5) is 65.0. The lowest BCUT2D eigenvalue weighted by Crippen LogP contribution is -2.60. The second-order valence-electron chi connectivity index (χ2n) is 12.4. The number of nitrogens with one attached hydrogen (secondary N) is 3. The van der Waals surface area contributed by atoms with Gasteiger partial charge in [-0.3, -0.25) is 19.2 Å². The summed E-state index contributed by atoms with van der Waals surface area (Å²) in [5.41, 5.74) is -1.08. The van der Waals surface area contributed by atoms with Crippen LogP contribution in [0.25, 0.3) is 0 Å². The van der Waals surface area contributed by atoms with Crippen molar-refractivity contribution in [1.29, 1.82) is 0 Å². The highest BCUT2D eigenvalue weighted by atomic mass is 19.3. The van der Waals surface area contributed by atoms with Gasteiger partial charge in [0, 0.05) is 19.0 Å². The van der Waals surface area contributed by atoms with Crippen LogP contribution in [0.3, 0.4) is 0 Å². The third kappa shape index (κ3) is 6.56. The van der Waals surface area contributed by atoms with E-state index in [1.165, 1.54) is 4.90 Å². The van der Waals surface area contributed by atoms with Crippen LogP contribution >= 0.6 is 0 Å². The number of alkyl halides is 2. The fraction of sp³-hybridized carbons (Fsp3) is 0.800. The van der Waals surface area contributed by atoms with Crippen molar-refractivity contribution in [3.05, 3.63) is 0 Å². The number of ketones is 1. The molecule has 0 spiro atoms. The number of halogens is 2. The number of Topliss-reactive ketones (excluding diaryl/α,β-unsaturated/α-hetero) is 1.